The second-order valence-electron chi connectivity index (χ2n) is 4.87. The van der Waals surface area contributed by atoms with Crippen molar-refractivity contribution in [1.29, 1.82) is 0 Å². The number of rotatable bonds is 5. The van der Waals surface area contributed by atoms with E-state index < -0.39 is 0 Å². The van der Waals surface area contributed by atoms with E-state index in [1.807, 2.05) is 37.2 Å². The van der Waals surface area contributed by atoms with Crippen LogP contribution in [0, 0.1) is 0 Å². The lowest BCUT2D eigenvalue weighted by atomic mass is 10.3. The molecule has 0 fully saturated rings. The maximum atomic E-state index is 5.72. The van der Waals surface area contributed by atoms with Gasteiger partial charge in [0, 0.05) is 19.8 Å². The molecule has 3 rings (SSSR count). The highest BCUT2D eigenvalue weighted by molar-refractivity contribution is 7.97. The van der Waals surface area contributed by atoms with Gasteiger partial charge in [-0.2, -0.15) is 15.0 Å². The number of nitrogens with zero attached hydrogens (tertiary/aromatic N) is 5. The van der Waals surface area contributed by atoms with E-state index in [-0.39, 0.29) is 5.95 Å². The standard InChI is InChI=1S/C14H16N6S2/c1-20(2)14-18-11(17-13(15)19-14)7-21-8-12-16-9-5-3-4-6-10(9)22-12/h3-6H,7-8H2,1-2H3,(H2,15,17,18,19). The molecule has 0 bridgehead atoms. The average Bonchev–Trinajstić information content (AvgIpc) is 2.89. The van der Waals surface area contributed by atoms with Crippen molar-refractivity contribution in [3.63, 3.8) is 0 Å². The molecule has 6 nitrogen and oxygen atoms in total. The Kier molecular flexibility index (Phi) is 4.39. The summed E-state index contributed by atoms with van der Waals surface area (Å²) in [6, 6.07) is 8.18. The van der Waals surface area contributed by atoms with Crippen molar-refractivity contribution in [1.82, 2.24) is 19.9 Å². The molecule has 114 valence electrons. The molecule has 0 aliphatic rings. The number of para-hydroxylation sites is 1. The smallest absolute Gasteiger partial charge is 0.229 e. The summed E-state index contributed by atoms with van der Waals surface area (Å²) in [5.74, 6) is 3.06. The number of fused-ring (bicyclic) bond motifs is 1. The number of benzene rings is 1. The molecule has 8 heteroatoms. The van der Waals surface area contributed by atoms with Gasteiger partial charge in [-0.3, -0.25) is 0 Å². The third kappa shape index (κ3) is 3.45. The number of thiazole rings is 1. The number of thioether (sulfide) groups is 1. The van der Waals surface area contributed by atoms with E-state index in [4.69, 9.17) is 5.73 Å². The van der Waals surface area contributed by atoms with Crippen molar-refractivity contribution >= 4 is 45.2 Å². The van der Waals surface area contributed by atoms with Gasteiger partial charge < -0.3 is 10.6 Å². The first-order valence-corrected chi connectivity index (χ1v) is 8.69. The monoisotopic (exact) mass is 332 g/mol. The van der Waals surface area contributed by atoms with Crippen LogP contribution in [0.15, 0.2) is 24.3 Å². The van der Waals surface area contributed by atoms with Crippen LogP contribution in [0.4, 0.5) is 11.9 Å². The van der Waals surface area contributed by atoms with Gasteiger partial charge in [-0.1, -0.05) is 12.1 Å². The molecule has 0 saturated heterocycles. The number of hydrogen-bond donors (Lipinski definition) is 1. The summed E-state index contributed by atoms with van der Waals surface area (Å²) in [5.41, 5.74) is 6.78. The molecule has 0 aliphatic carbocycles. The normalized spacial score (nSPS) is 11.0. The summed E-state index contributed by atoms with van der Waals surface area (Å²) >= 11 is 3.45. The van der Waals surface area contributed by atoms with Crippen molar-refractivity contribution in [2.45, 2.75) is 11.5 Å². The molecule has 2 aromatic heterocycles. The van der Waals surface area contributed by atoms with E-state index in [2.05, 4.69) is 26.0 Å². The third-order valence-electron chi connectivity index (χ3n) is 2.88. The van der Waals surface area contributed by atoms with Crippen molar-refractivity contribution in [2.24, 2.45) is 0 Å². The molecule has 0 saturated carbocycles. The topological polar surface area (TPSA) is 80.8 Å². The Morgan fingerprint density at radius 2 is 1.91 bits per heavy atom. The summed E-state index contributed by atoms with van der Waals surface area (Å²) in [6.07, 6.45) is 0. The van der Waals surface area contributed by atoms with E-state index in [1.165, 1.54) is 4.70 Å². The molecule has 3 aromatic rings. The van der Waals surface area contributed by atoms with Gasteiger partial charge in [-0.15, -0.1) is 23.1 Å². The second-order valence-corrected chi connectivity index (χ2v) is 6.97. The van der Waals surface area contributed by atoms with Crippen molar-refractivity contribution in [2.75, 3.05) is 24.7 Å². The van der Waals surface area contributed by atoms with Crippen molar-refractivity contribution in [3.05, 3.63) is 35.1 Å². The van der Waals surface area contributed by atoms with Crippen LogP contribution in [0.5, 0.6) is 0 Å². The van der Waals surface area contributed by atoms with Crippen LogP contribution >= 0.6 is 23.1 Å². The maximum Gasteiger partial charge on any atom is 0.229 e. The molecular weight excluding hydrogens is 316 g/mol. The molecule has 0 amide bonds. The van der Waals surface area contributed by atoms with Crippen LogP contribution in [0.25, 0.3) is 10.2 Å². The fourth-order valence-corrected chi connectivity index (χ4v) is 3.80. The minimum Gasteiger partial charge on any atom is -0.368 e. The van der Waals surface area contributed by atoms with Crippen LogP contribution in [-0.2, 0) is 11.5 Å². The lowest BCUT2D eigenvalue weighted by molar-refractivity contribution is 0.919. The Morgan fingerprint density at radius 3 is 2.68 bits per heavy atom. The Morgan fingerprint density at radius 1 is 1.09 bits per heavy atom. The minimum absolute atomic E-state index is 0.259. The summed E-state index contributed by atoms with van der Waals surface area (Å²) < 4.78 is 1.22. The second kappa shape index (κ2) is 6.45. The van der Waals surface area contributed by atoms with E-state index >= 15 is 0 Å². The fourth-order valence-electron chi connectivity index (χ4n) is 1.90. The fraction of sp³-hybridized carbons (Fsp3) is 0.286. The summed E-state index contributed by atoms with van der Waals surface area (Å²) in [6.45, 7) is 0. The zero-order chi connectivity index (χ0) is 15.5. The third-order valence-corrected chi connectivity index (χ3v) is 5.04. The Balaban J connectivity index is 1.65. The summed E-state index contributed by atoms with van der Waals surface area (Å²) in [7, 11) is 3.76. The number of nitrogen functional groups attached to an aromatic ring is 1. The highest BCUT2D eigenvalue weighted by atomic mass is 32.2. The average molecular weight is 332 g/mol. The molecule has 0 spiro atoms. The largest absolute Gasteiger partial charge is 0.368 e. The Labute approximate surface area is 136 Å². The number of anilines is 2. The molecule has 22 heavy (non-hydrogen) atoms. The Hall–Kier alpha value is -1.93. The molecule has 2 N–H and O–H groups in total. The van der Waals surface area contributed by atoms with Gasteiger partial charge in [0.25, 0.3) is 0 Å². The van der Waals surface area contributed by atoms with Gasteiger partial charge in [0.2, 0.25) is 11.9 Å². The zero-order valence-corrected chi connectivity index (χ0v) is 14.0. The first kappa shape index (κ1) is 15.0. The SMILES string of the molecule is CN(C)c1nc(N)nc(CSCc2nc3ccccc3s2)n1. The highest BCUT2D eigenvalue weighted by Gasteiger charge is 2.08. The van der Waals surface area contributed by atoms with E-state index in [0.29, 0.717) is 17.5 Å². The van der Waals surface area contributed by atoms with E-state index in [1.54, 1.807) is 23.1 Å². The van der Waals surface area contributed by atoms with Crippen LogP contribution in [0.2, 0.25) is 0 Å². The molecule has 0 unspecified atom stereocenters. The van der Waals surface area contributed by atoms with E-state index in [0.717, 1.165) is 16.3 Å². The summed E-state index contributed by atoms with van der Waals surface area (Å²) in [5, 5.41) is 1.11. The van der Waals surface area contributed by atoms with Crippen molar-refractivity contribution in [3.8, 4) is 0 Å². The number of hydrogen-bond acceptors (Lipinski definition) is 8. The van der Waals surface area contributed by atoms with E-state index in [9.17, 15) is 0 Å². The predicted molar refractivity (Wildman–Crippen MR) is 93.2 cm³/mol. The first-order valence-electron chi connectivity index (χ1n) is 6.72. The molecular formula is C14H16N6S2. The summed E-state index contributed by atoms with van der Waals surface area (Å²) in [4.78, 5) is 19.1. The molecule has 0 atom stereocenters. The van der Waals surface area contributed by atoms with Crippen LogP contribution < -0.4 is 10.6 Å². The van der Waals surface area contributed by atoms with Crippen LogP contribution in [0.1, 0.15) is 10.8 Å². The van der Waals surface area contributed by atoms with Gasteiger partial charge in [0.1, 0.15) is 10.8 Å². The Bertz CT molecular complexity index is 753. The van der Waals surface area contributed by atoms with Crippen molar-refractivity contribution < 1.29 is 0 Å². The lowest BCUT2D eigenvalue weighted by Crippen LogP contribution is -2.15. The van der Waals surface area contributed by atoms with Crippen LogP contribution in [0.3, 0.4) is 0 Å². The van der Waals surface area contributed by atoms with Crippen LogP contribution in [-0.4, -0.2) is 34.0 Å². The number of aromatic nitrogens is 4. The molecule has 0 aliphatic heterocycles. The maximum absolute atomic E-state index is 5.72. The minimum atomic E-state index is 0.259. The van der Waals surface area contributed by atoms with Gasteiger partial charge in [-0.25, -0.2) is 4.98 Å². The van der Waals surface area contributed by atoms with Gasteiger partial charge >= 0.3 is 0 Å². The molecule has 1 aromatic carbocycles. The zero-order valence-electron chi connectivity index (χ0n) is 12.4. The molecule has 2 heterocycles. The predicted octanol–water partition coefficient (Wildman–Crippen LogP) is 2.56. The van der Waals surface area contributed by atoms with Gasteiger partial charge in [0.15, 0.2) is 0 Å². The highest BCUT2D eigenvalue weighted by Crippen LogP contribution is 2.25. The van der Waals surface area contributed by atoms with Gasteiger partial charge in [0.05, 0.1) is 16.0 Å². The quantitative estimate of drug-likeness (QED) is 0.769. The van der Waals surface area contributed by atoms with Gasteiger partial charge in [-0.05, 0) is 12.1 Å². The lowest BCUT2D eigenvalue weighted by Gasteiger charge is -2.11. The first-order chi connectivity index (χ1) is 10.6. The number of nitrogens with two attached hydrogens (primary N) is 1. The molecule has 0 radical (unpaired) electrons.